The maximum absolute atomic E-state index is 12.9. The number of hydrogen-bond donors (Lipinski definition) is 1. The number of benzene rings is 1. The van der Waals surface area contributed by atoms with Crippen LogP contribution >= 0.6 is 0 Å². The van der Waals surface area contributed by atoms with E-state index in [4.69, 9.17) is 0 Å². The monoisotopic (exact) mass is 407 g/mol. The summed E-state index contributed by atoms with van der Waals surface area (Å²) in [6.07, 6.45) is 14.2. The maximum Gasteiger partial charge on any atom is 0.253 e. The third-order valence-electron chi connectivity index (χ3n) is 7.09. The third-order valence-corrected chi connectivity index (χ3v) is 7.09. The van der Waals surface area contributed by atoms with E-state index in [0.717, 1.165) is 50.9 Å². The van der Waals surface area contributed by atoms with Gasteiger partial charge in [-0.3, -0.25) is 4.79 Å². The topological polar surface area (TPSA) is 35.6 Å². The highest BCUT2D eigenvalue weighted by Gasteiger charge is 2.30. The van der Waals surface area contributed by atoms with Crippen molar-refractivity contribution in [3.63, 3.8) is 0 Å². The first-order valence-electron chi connectivity index (χ1n) is 11.8. The molecule has 162 valence electrons. The molecular formula is C26H37N3O. The fourth-order valence-corrected chi connectivity index (χ4v) is 5.50. The average molecular weight is 408 g/mol. The highest BCUT2D eigenvalue weighted by atomic mass is 16.2. The van der Waals surface area contributed by atoms with Crippen LogP contribution in [-0.2, 0) is 0 Å². The Bertz CT molecular complexity index is 820. The van der Waals surface area contributed by atoms with E-state index in [0.29, 0.717) is 17.8 Å². The molecule has 1 saturated heterocycles. The van der Waals surface area contributed by atoms with E-state index in [1.165, 1.54) is 29.7 Å². The zero-order chi connectivity index (χ0) is 21.1. The number of nitrogens with zero attached hydrogens (tertiary/aromatic N) is 2. The van der Waals surface area contributed by atoms with Crippen molar-refractivity contribution in [1.82, 2.24) is 9.80 Å². The molecule has 3 aliphatic rings. The maximum atomic E-state index is 12.9. The number of carbonyl (C=O) groups is 1. The van der Waals surface area contributed by atoms with Gasteiger partial charge < -0.3 is 15.1 Å². The van der Waals surface area contributed by atoms with Crippen LogP contribution in [0.4, 0.5) is 5.69 Å². The Morgan fingerprint density at radius 1 is 1.17 bits per heavy atom. The fraction of sp³-hybridized carbons (Fsp3) is 0.577. The molecule has 1 amide bonds. The summed E-state index contributed by atoms with van der Waals surface area (Å²) >= 11 is 0. The zero-order valence-corrected chi connectivity index (χ0v) is 18.9. The Morgan fingerprint density at radius 3 is 2.63 bits per heavy atom. The number of anilines is 1. The number of allylic oxidation sites excluding steroid dienone is 3. The summed E-state index contributed by atoms with van der Waals surface area (Å²) in [5, 5.41) is 3.56. The molecular weight excluding hydrogens is 370 g/mol. The summed E-state index contributed by atoms with van der Waals surface area (Å²) in [6.45, 7) is 5.10. The van der Waals surface area contributed by atoms with Crippen molar-refractivity contribution < 1.29 is 4.79 Å². The molecule has 1 aromatic rings. The molecule has 0 spiro atoms. The molecule has 0 radical (unpaired) electrons. The van der Waals surface area contributed by atoms with Crippen molar-refractivity contribution >= 4 is 11.6 Å². The summed E-state index contributed by atoms with van der Waals surface area (Å²) < 4.78 is 0. The summed E-state index contributed by atoms with van der Waals surface area (Å²) in [5.41, 5.74) is 4.96. The molecule has 2 aliphatic heterocycles. The van der Waals surface area contributed by atoms with Crippen LogP contribution in [0.1, 0.15) is 67.3 Å². The average Bonchev–Trinajstić information content (AvgIpc) is 3.31. The second kappa shape index (κ2) is 9.28. The van der Waals surface area contributed by atoms with E-state index >= 15 is 0 Å². The lowest BCUT2D eigenvalue weighted by molar-refractivity contribution is 0.0792. The molecule has 0 bridgehead atoms. The van der Waals surface area contributed by atoms with Crippen LogP contribution in [0, 0.1) is 11.8 Å². The summed E-state index contributed by atoms with van der Waals surface area (Å²) in [7, 11) is 4.22. The number of hydrogen-bond acceptors (Lipinski definition) is 3. The molecule has 1 fully saturated rings. The highest BCUT2D eigenvalue weighted by Crippen LogP contribution is 2.43. The second-order valence-electron chi connectivity index (χ2n) is 9.38. The van der Waals surface area contributed by atoms with Gasteiger partial charge in [0.05, 0.1) is 0 Å². The van der Waals surface area contributed by atoms with E-state index in [2.05, 4.69) is 61.7 Å². The van der Waals surface area contributed by atoms with Gasteiger partial charge in [-0.05, 0) is 91.8 Å². The fourth-order valence-electron chi connectivity index (χ4n) is 5.50. The lowest BCUT2D eigenvalue weighted by atomic mass is 9.73. The van der Waals surface area contributed by atoms with Crippen LogP contribution in [-0.4, -0.2) is 49.4 Å². The van der Waals surface area contributed by atoms with Crippen molar-refractivity contribution in [3.05, 3.63) is 53.3 Å². The largest absolute Gasteiger partial charge is 0.385 e. The van der Waals surface area contributed by atoms with Gasteiger partial charge in [0.1, 0.15) is 0 Å². The molecule has 4 rings (SSSR count). The number of fused-ring (bicyclic) bond motifs is 1. The first-order valence-corrected chi connectivity index (χ1v) is 11.8. The van der Waals surface area contributed by atoms with E-state index in [-0.39, 0.29) is 5.91 Å². The minimum atomic E-state index is 0.209. The van der Waals surface area contributed by atoms with Crippen LogP contribution < -0.4 is 5.32 Å². The second-order valence-corrected chi connectivity index (χ2v) is 9.38. The summed E-state index contributed by atoms with van der Waals surface area (Å²) in [5.74, 6) is 1.85. The van der Waals surface area contributed by atoms with Crippen LogP contribution in [0.2, 0.25) is 0 Å². The molecule has 3 atom stereocenters. The van der Waals surface area contributed by atoms with Gasteiger partial charge in [-0.15, -0.1) is 0 Å². The first kappa shape index (κ1) is 21.0. The molecule has 3 unspecified atom stereocenters. The molecule has 30 heavy (non-hydrogen) atoms. The van der Waals surface area contributed by atoms with Gasteiger partial charge in [-0.25, -0.2) is 0 Å². The van der Waals surface area contributed by atoms with E-state index < -0.39 is 0 Å². The first-order chi connectivity index (χ1) is 14.6. The Hall–Kier alpha value is -2.23. The Kier molecular flexibility index (Phi) is 6.50. The van der Waals surface area contributed by atoms with Crippen molar-refractivity contribution in [1.29, 1.82) is 0 Å². The molecule has 1 N–H and O–H groups in total. The van der Waals surface area contributed by atoms with Gasteiger partial charge in [-0.1, -0.05) is 19.1 Å². The summed E-state index contributed by atoms with van der Waals surface area (Å²) in [4.78, 5) is 17.1. The molecule has 2 heterocycles. The van der Waals surface area contributed by atoms with Gasteiger partial charge >= 0.3 is 0 Å². The minimum absolute atomic E-state index is 0.209. The van der Waals surface area contributed by atoms with E-state index in [1.807, 2.05) is 11.0 Å². The normalized spacial score (nSPS) is 26.3. The van der Waals surface area contributed by atoms with E-state index in [1.54, 1.807) is 0 Å². The van der Waals surface area contributed by atoms with Gasteiger partial charge in [0.15, 0.2) is 0 Å². The van der Waals surface area contributed by atoms with Crippen molar-refractivity contribution in [3.8, 4) is 0 Å². The predicted octanol–water partition coefficient (Wildman–Crippen LogP) is 5.26. The van der Waals surface area contributed by atoms with Crippen molar-refractivity contribution in [2.45, 2.75) is 51.4 Å². The van der Waals surface area contributed by atoms with Gasteiger partial charge in [0.2, 0.25) is 0 Å². The number of amides is 1. The molecule has 0 saturated carbocycles. The van der Waals surface area contributed by atoms with Crippen LogP contribution in [0.25, 0.3) is 0 Å². The lowest BCUT2D eigenvalue weighted by Crippen LogP contribution is -2.29. The zero-order valence-electron chi connectivity index (χ0n) is 18.9. The van der Waals surface area contributed by atoms with Gasteiger partial charge in [0.25, 0.3) is 5.91 Å². The van der Waals surface area contributed by atoms with Crippen LogP contribution in [0.15, 0.2) is 42.1 Å². The molecule has 1 aromatic carbocycles. The van der Waals surface area contributed by atoms with Crippen LogP contribution in [0.3, 0.4) is 0 Å². The number of likely N-dealkylation sites (tertiary alicyclic amines) is 1. The predicted molar refractivity (Wildman–Crippen MR) is 125 cm³/mol. The Morgan fingerprint density at radius 2 is 1.97 bits per heavy atom. The molecule has 1 aliphatic carbocycles. The Labute approximate surface area is 182 Å². The lowest BCUT2D eigenvalue weighted by Gasteiger charge is -2.35. The van der Waals surface area contributed by atoms with Crippen LogP contribution in [0.5, 0.6) is 0 Å². The van der Waals surface area contributed by atoms with Gasteiger partial charge in [-0.2, -0.15) is 0 Å². The smallest absolute Gasteiger partial charge is 0.253 e. The Balaban J connectivity index is 1.53. The SMILES string of the molecule is CC/C(=C\N(C)C)C1C=CC(C2CCNc3ccc(C(=O)N4CCCC4)cc32)CC1. The highest BCUT2D eigenvalue weighted by molar-refractivity contribution is 5.95. The molecule has 4 nitrogen and oxygen atoms in total. The molecule has 0 aromatic heterocycles. The number of rotatable bonds is 5. The van der Waals surface area contributed by atoms with Crippen molar-refractivity contribution in [2.24, 2.45) is 11.8 Å². The number of nitrogens with one attached hydrogen (secondary N) is 1. The minimum Gasteiger partial charge on any atom is -0.385 e. The van der Waals surface area contributed by atoms with Crippen molar-refractivity contribution in [2.75, 3.05) is 39.0 Å². The number of carbonyl (C=O) groups excluding carboxylic acids is 1. The third kappa shape index (κ3) is 4.43. The summed E-state index contributed by atoms with van der Waals surface area (Å²) in [6, 6.07) is 6.34. The molecule has 4 heteroatoms. The van der Waals surface area contributed by atoms with E-state index in [9.17, 15) is 4.79 Å². The quantitative estimate of drug-likeness (QED) is 0.676. The van der Waals surface area contributed by atoms with Gasteiger partial charge in [0, 0.05) is 45.0 Å². The standard InChI is InChI=1S/C26H37N3O/c1-4-19(18-28(2)3)20-7-9-21(10-8-20)23-13-14-27-25-12-11-22(17-24(23)25)26(30)29-15-5-6-16-29/h7,9,11-12,17-18,20-21,23,27H,4-6,8,10,13-16H2,1-3H3/b19-18+.